The molecule has 0 fully saturated rings. The van der Waals surface area contributed by atoms with E-state index in [2.05, 4.69) is 0 Å². The zero-order valence-corrected chi connectivity index (χ0v) is 17.9. The lowest BCUT2D eigenvalue weighted by atomic mass is 10.2. The topological polar surface area (TPSA) is 93.1 Å². The van der Waals surface area contributed by atoms with Crippen molar-refractivity contribution >= 4 is 39.1 Å². The number of ether oxygens (including phenoxy) is 2. The summed E-state index contributed by atoms with van der Waals surface area (Å²) in [5, 5.41) is 10.7. The van der Waals surface area contributed by atoms with Crippen molar-refractivity contribution in [3.63, 3.8) is 0 Å². The number of rotatable bonds is 7. The Morgan fingerprint density at radius 1 is 1.06 bits per heavy atom. The molecule has 4 rings (SSSR count). The summed E-state index contributed by atoms with van der Waals surface area (Å²) in [7, 11) is -3.90. The Balaban J connectivity index is 1.71. The number of benzene rings is 2. The molecule has 1 N–H and O–H groups in total. The summed E-state index contributed by atoms with van der Waals surface area (Å²) in [4.78, 5) is 11.7. The smallest absolute Gasteiger partial charge is 0.328 e. The highest BCUT2D eigenvalue weighted by Gasteiger charge is 2.27. The highest BCUT2D eigenvalue weighted by Crippen LogP contribution is 2.36. The molecule has 1 aromatic heterocycles. The first kappa shape index (κ1) is 21.0. The SMILES string of the molecule is O=C(O)C=Cc1ccc(S(=O)(=O)N(Cc2cccs2)c2ccc3c(c2)OCCO3)cc1. The van der Waals surface area contributed by atoms with Gasteiger partial charge in [-0.05, 0) is 47.4 Å². The Hall–Kier alpha value is -3.30. The fourth-order valence-corrected chi connectivity index (χ4v) is 5.30. The average Bonchev–Trinajstić information content (AvgIpc) is 3.29. The van der Waals surface area contributed by atoms with Crippen LogP contribution in [0.5, 0.6) is 11.5 Å². The van der Waals surface area contributed by atoms with Gasteiger partial charge in [-0.15, -0.1) is 11.3 Å². The molecule has 9 heteroatoms. The van der Waals surface area contributed by atoms with Crippen LogP contribution < -0.4 is 13.8 Å². The molecular weight excluding hydrogens is 438 g/mol. The maximum Gasteiger partial charge on any atom is 0.328 e. The van der Waals surface area contributed by atoms with Crippen molar-refractivity contribution in [2.24, 2.45) is 0 Å². The third-order valence-corrected chi connectivity index (χ3v) is 7.23. The normalized spacial score (nSPS) is 13.3. The van der Waals surface area contributed by atoms with Gasteiger partial charge in [0.25, 0.3) is 10.0 Å². The van der Waals surface area contributed by atoms with Crippen molar-refractivity contribution in [3.8, 4) is 11.5 Å². The second-order valence-electron chi connectivity index (χ2n) is 6.66. The minimum atomic E-state index is -3.90. The van der Waals surface area contributed by atoms with Crippen LogP contribution >= 0.6 is 11.3 Å². The molecule has 0 saturated carbocycles. The molecule has 2 heterocycles. The van der Waals surface area contributed by atoms with E-state index in [1.54, 1.807) is 30.3 Å². The number of hydrogen-bond acceptors (Lipinski definition) is 6. The first-order valence-electron chi connectivity index (χ1n) is 9.39. The summed E-state index contributed by atoms with van der Waals surface area (Å²) >= 11 is 1.47. The predicted octanol–water partition coefficient (Wildman–Crippen LogP) is 4.01. The monoisotopic (exact) mass is 457 g/mol. The number of sulfonamides is 1. The Bertz CT molecular complexity index is 1200. The number of thiophene rings is 1. The second kappa shape index (κ2) is 8.83. The highest BCUT2D eigenvalue weighted by atomic mass is 32.2. The Morgan fingerprint density at radius 2 is 1.81 bits per heavy atom. The van der Waals surface area contributed by atoms with Crippen molar-refractivity contribution in [1.29, 1.82) is 0 Å². The lowest BCUT2D eigenvalue weighted by molar-refractivity contribution is -0.131. The molecule has 31 heavy (non-hydrogen) atoms. The first-order valence-corrected chi connectivity index (χ1v) is 11.7. The van der Waals surface area contributed by atoms with Gasteiger partial charge >= 0.3 is 5.97 Å². The molecule has 0 aliphatic carbocycles. The molecule has 0 bridgehead atoms. The molecule has 0 atom stereocenters. The molecule has 0 radical (unpaired) electrons. The van der Waals surface area contributed by atoms with Gasteiger partial charge in [-0.3, -0.25) is 4.31 Å². The van der Waals surface area contributed by atoms with Gasteiger partial charge in [0.1, 0.15) is 13.2 Å². The molecule has 0 unspecified atom stereocenters. The summed E-state index contributed by atoms with van der Waals surface area (Å²) in [6.07, 6.45) is 2.41. The third kappa shape index (κ3) is 4.73. The molecule has 160 valence electrons. The summed E-state index contributed by atoms with van der Waals surface area (Å²) in [5.41, 5.74) is 1.05. The van der Waals surface area contributed by atoms with Gasteiger partial charge in [-0.2, -0.15) is 0 Å². The molecule has 0 amide bonds. The van der Waals surface area contributed by atoms with E-state index in [9.17, 15) is 13.2 Å². The van der Waals surface area contributed by atoms with Gasteiger partial charge in [0.2, 0.25) is 0 Å². The number of carboxylic acids is 1. The number of aliphatic carboxylic acids is 1. The van der Waals surface area contributed by atoms with E-state index < -0.39 is 16.0 Å². The van der Waals surface area contributed by atoms with Gasteiger partial charge in [-0.25, -0.2) is 13.2 Å². The molecule has 1 aliphatic heterocycles. The minimum absolute atomic E-state index is 0.103. The fourth-order valence-electron chi connectivity index (χ4n) is 3.09. The van der Waals surface area contributed by atoms with E-state index in [0.717, 1.165) is 11.0 Å². The van der Waals surface area contributed by atoms with Crippen molar-refractivity contribution in [1.82, 2.24) is 0 Å². The van der Waals surface area contributed by atoms with Gasteiger partial charge < -0.3 is 14.6 Å². The zero-order chi connectivity index (χ0) is 21.8. The molecular formula is C22H19NO6S2. The van der Waals surface area contributed by atoms with Crippen LogP contribution in [0.4, 0.5) is 5.69 Å². The quantitative estimate of drug-likeness (QED) is 0.539. The Kier molecular flexibility index (Phi) is 5.97. The fraction of sp³-hybridized carbons (Fsp3) is 0.136. The minimum Gasteiger partial charge on any atom is -0.486 e. The summed E-state index contributed by atoms with van der Waals surface area (Å²) in [5.74, 6) is 0.0137. The predicted molar refractivity (Wildman–Crippen MR) is 118 cm³/mol. The summed E-state index contributed by atoms with van der Waals surface area (Å²) < 4.78 is 39.6. The maximum absolute atomic E-state index is 13.6. The molecule has 1 aliphatic rings. The number of carboxylic acid groups (broad SMARTS) is 1. The number of fused-ring (bicyclic) bond motifs is 1. The van der Waals surface area contributed by atoms with E-state index in [1.807, 2.05) is 17.5 Å². The Morgan fingerprint density at radius 3 is 2.48 bits per heavy atom. The molecule has 0 saturated heterocycles. The van der Waals surface area contributed by atoms with Gasteiger partial charge in [0, 0.05) is 17.0 Å². The Labute approximate surface area is 183 Å². The summed E-state index contributed by atoms with van der Waals surface area (Å²) in [6, 6.07) is 14.9. The summed E-state index contributed by atoms with van der Waals surface area (Å²) in [6.45, 7) is 1.02. The number of nitrogens with zero attached hydrogens (tertiary/aromatic N) is 1. The van der Waals surface area contributed by atoms with E-state index in [0.29, 0.717) is 36.0 Å². The molecule has 3 aromatic rings. The van der Waals surface area contributed by atoms with Gasteiger partial charge in [0.15, 0.2) is 11.5 Å². The number of hydrogen-bond donors (Lipinski definition) is 1. The lowest BCUT2D eigenvalue weighted by Crippen LogP contribution is -2.30. The van der Waals surface area contributed by atoms with Crippen molar-refractivity contribution < 1.29 is 27.8 Å². The van der Waals surface area contributed by atoms with E-state index in [1.165, 1.54) is 33.9 Å². The van der Waals surface area contributed by atoms with Crippen LogP contribution in [0.25, 0.3) is 6.08 Å². The molecule has 7 nitrogen and oxygen atoms in total. The van der Waals surface area contributed by atoms with E-state index >= 15 is 0 Å². The highest BCUT2D eigenvalue weighted by molar-refractivity contribution is 7.92. The second-order valence-corrected chi connectivity index (χ2v) is 9.55. The third-order valence-electron chi connectivity index (χ3n) is 4.58. The van der Waals surface area contributed by atoms with Crippen LogP contribution in [0.3, 0.4) is 0 Å². The van der Waals surface area contributed by atoms with Crippen LogP contribution in [0, 0.1) is 0 Å². The van der Waals surface area contributed by atoms with E-state index in [-0.39, 0.29) is 11.4 Å². The van der Waals surface area contributed by atoms with Crippen molar-refractivity contribution in [2.45, 2.75) is 11.4 Å². The van der Waals surface area contributed by atoms with Crippen molar-refractivity contribution in [2.75, 3.05) is 17.5 Å². The first-order chi connectivity index (χ1) is 14.9. The van der Waals surface area contributed by atoms with Crippen molar-refractivity contribution in [3.05, 3.63) is 76.5 Å². The average molecular weight is 458 g/mol. The lowest BCUT2D eigenvalue weighted by Gasteiger charge is -2.26. The van der Waals surface area contributed by atoms with Gasteiger partial charge in [-0.1, -0.05) is 18.2 Å². The van der Waals surface area contributed by atoms with Crippen LogP contribution in [0.1, 0.15) is 10.4 Å². The number of anilines is 1. The number of carbonyl (C=O) groups is 1. The maximum atomic E-state index is 13.6. The zero-order valence-electron chi connectivity index (χ0n) is 16.3. The van der Waals surface area contributed by atoms with E-state index in [4.69, 9.17) is 14.6 Å². The molecule has 0 spiro atoms. The van der Waals surface area contributed by atoms with Gasteiger partial charge in [0.05, 0.1) is 17.1 Å². The van der Waals surface area contributed by atoms with Crippen LogP contribution in [-0.4, -0.2) is 32.7 Å². The standard InChI is InChI=1S/C22H19NO6S2/c24-22(25)10-5-16-3-7-19(8-4-16)31(26,27)23(15-18-2-1-13-30-18)17-6-9-20-21(14-17)29-12-11-28-20/h1-10,13-14H,11-12,15H2,(H,24,25). The van der Waals surface area contributed by atoms with Crippen LogP contribution in [0.2, 0.25) is 0 Å². The van der Waals surface area contributed by atoms with Crippen LogP contribution in [-0.2, 0) is 21.4 Å². The largest absolute Gasteiger partial charge is 0.486 e. The molecule has 2 aromatic carbocycles. The van der Waals surface area contributed by atoms with Crippen LogP contribution in [0.15, 0.2) is 70.9 Å².